The second-order valence-electron chi connectivity index (χ2n) is 4.25. The van der Waals surface area contributed by atoms with Crippen LogP contribution in [0, 0.1) is 10.1 Å². The molecule has 1 aromatic carbocycles. The van der Waals surface area contributed by atoms with Gasteiger partial charge in [-0.05, 0) is 18.6 Å². The minimum absolute atomic E-state index is 0.132. The first-order chi connectivity index (χ1) is 9.31. The molecule has 0 amide bonds. The van der Waals surface area contributed by atoms with E-state index in [1.165, 1.54) is 0 Å². The molecular weight excluding hydrogens is 286 g/mol. The van der Waals surface area contributed by atoms with E-state index in [1.54, 1.807) is 0 Å². The molecular formula is C11H17N3O5S. The largest absolute Gasteiger partial charge is 0.502 e. The normalized spacial score (nSPS) is 13.1. The summed E-state index contributed by atoms with van der Waals surface area (Å²) in [6.07, 6.45) is 1.32. The predicted octanol–water partition coefficient (Wildman–Crippen LogP) is 0.706. The third kappa shape index (κ3) is 3.89. The van der Waals surface area contributed by atoms with Gasteiger partial charge in [0.1, 0.15) is 0 Å². The molecule has 0 aliphatic rings. The number of hydrogen-bond acceptors (Lipinski definition) is 6. The van der Waals surface area contributed by atoms with Crippen molar-refractivity contribution in [1.82, 2.24) is 4.72 Å². The quantitative estimate of drug-likeness (QED) is 0.501. The van der Waals surface area contributed by atoms with E-state index in [2.05, 4.69) is 4.72 Å². The topological polar surface area (TPSA) is 136 Å². The van der Waals surface area contributed by atoms with E-state index in [4.69, 9.17) is 5.73 Å². The van der Waals surface area contributed by atoms with Crippen LogP contribution in [0.3, 0.4) is 0 Å². The molecule has 0 aliphatic heterocycles. The van der Waals surface area contributed by atoms with Gasteiger partial charge in [0.2, 0.25) is 10.0 Å². The molecule has 0 saturated carbocycles. The first-order valence-electron chi connectivity index (χ1n) is 6.01. The van der Waals surface area contributed by atoms with Crippen molar-refractivity contribution in [3.05, 3.63) is 28.3 Å². The molecule has 20 heavy (non-hydrogen) atoms. The lowest BCUT2D eigenvalue weighted by atomic mass is 10.2. The summed E-state index contributed by atoms with van der Waals surface area (Å²) in [5, 5.41) is 20.0. The fourth-order valence-electron chi connectivity index (χ4n) is 1.68. The minimum Gasteiger partial charge on any atom is -0.502 e. The van der Waals surface area contributed by atoms with Gasteiger partial charge in [0.15, 0.2) is 5.75 Å². The highest BCUT2D eigenvalue weighted by Gasteiger charge is 2.23. The smallest absolute Gasteiger partial charge is 0.312 e. The standard InChI is InChI=1S/C11H17N3O5S/c1-2-3-8(7-12)13-20(18,19)9-4-5-11(15)10(6-9)14(16)17/h4-6,8,13,15H,2-3,7,12H2,1H3. The highest BCUT2D eigenvalue weighted by Crippen LogP contribution is 2.28. The molecule has 4 N–H and O–H groups in total. The van der Waals surface area contributed by atoms with Crippen molar-refractivity contribution in [2.45, 2.75) is 30.7 Å². The monoisotopic (exact) mass is 303 g/mol. The molecule has 1 unspecified atom stereocenters. The second-order valence-corrected chi connectivity index (χ2v) is 5.96. The van der Waals surface area contributed by atoms with Gasteiger partial charge < -0.3 is 10.8 Å². The van der Waals surface area contributed by atoms with E-state index in [-0.39, 0.29) is 11.4 Å². The summed E-state index contributed by atoms with van der Waals surface area (Å²) < 4.78 is 26.6. The molecule has 0 fully saturated rings. The van der Waals surface area contributed by atoms with E-state index >= 15 is 0 Å². The summed E-state index contributed by atoms with van der Waals surface area (Å²) in [6.45, 7) is 2.02. The lowest BCUT2D eigenvalue weighted by Crippen LogP contribution is -2.39. The third-order valence-corrected chi connectivity index (χ3v) is 4.22. The average Bonchev–Trinajstić information content (AvgIpc) is 2.37. The first kappa shape index (κ1) is 16.3. The van der Waals surface area contributed by atoms with Crippen LogP contribution in [0.5, 0.6) is 5.75 Å². The van der Waals surface area contributed by atoms with E-state index in [1.807, 2.05) is 6.92 Å². The lowest BCUT2D eigenvalue weighted by molar-refractivity contribution is -0.386. The molecule has 8 nitrogen and oxygen atoms in total. The Bertz CT molecular complexity index is 588. The molecule has 0 aromatic heterocycles. The Morgan fingerprint density at radius 2 is 2.15 bits per heavy atom. The van der Waals surface area contributed by atoms with Crippen molar-refractivity contribution in [3.63, 3.8) is 0 Å². The summed E-state index contributed by atoms with van der Waals surface area (Å²) in [6, 6.07) is 2.46. The van der Waals surface area contributed by atoms with Gasteiger partial charge in [0.25, 0.3) is 0 Å². The zero-order chi connectivity index (χ0) is 15.3. The zero-order valence-electron chi connectivity index (χ0n) is 10.9. The Kier molecular flexibility index (Phi) is 5.43. The number of hydrogen-bond donors (Lipinski definition) is 3. The number of nitrogens with one attached hydrogen (secondary N) is 1. The number of phenolic OH excluding ortho intramolecular Hbond substituents is 1. The Labute approximate surface area is 116 Å². The van der Waals surface area contributed by atoms with E-state index < -0.39 is 32.4 Å². The molecule has 9 heteroatoms. The summed E-state index contributed by atoms with van der Waals surface area (Å²) in [5.41, 5.74) is 4.81. The summed E-state index contributed by atoms with van der Waals surface area (Å²) in [5.74, 6) is -0.585. The van der Waals surface area contributed by atoms with Crippen LogP contribution in [-0.2, 0) is 10.0 Å². The van der Waals surface area contributed by atoms with Crippen molar-refractivity contribution in [2.24, 2.45) is 5.73 Å². The highest BCUT2D eigenvalue weighted by molar-refractivity contribution is 7.89. The van der Waals surface area contributed by atoms with E-state index in [9.17, 15) is 23.6 Å². The molecule has 1 aromatic rings. The fraction of sp³-hybridized carbons (Fsp3) is 0.455. The molecule has 0 spiro atoms. The lowest BCUT2D eigenvalue weighted by Gasteiger charge is -2.16. The predicted molar refractivity (Wildman–Crippen MR) is 72.8 cm³/mol. The summed E-state index contributed by atoms with van der Waals surface area (Å²) in [4.78, 5) is 9.56. The molecule has 0 saturated heterocycles. The van der Waals surface area contributed by atoms with Crippen molar-refractivity contribution in [2.75, 3.05) is 6.54 Å². The summed E-state index contributed by atoms with van der Waals surface area (Å²) in [7, 11) is -3.91. The minimum atomic E-state index is -3.91. The molecule has 1 atom stereocenters. The number of aromatic hydroxyl groups is 1. The van der Waals surface area contributed by atoms with Crippen molar-refractivity contribution in [1.29, 1.82) is 0 Å². The average molecular weight is 303 g/mol. The Hall–Kier alpha value is -1.71. The number of rotatable bonds is 7. The van der Waals surface area contributed by atoms with Crippen LogP contribution in [0.1, 0.15) is 19.8 Å². The van der Waals surface area contributed by atoms with Gasteiger partial charge in [-0.25, -0.2) is 13.1 Å². The van der Waals surface area contributed by atoms with Crippen LogP contribution in [0.25, 0.3) is 0 Å². The number of nitro benzene ring substituents is 1. The zero-order valence-corrected chi connectivity index (χ0v) is 11.8. The number of sulfonamides is 1. The Morgan fingerprint density at radius 3 is 2.65 bits per heavy atom. The number of nitrogens with two attached hydrogens (primary N) is 1. The molecule has 1 rings (SSSR count). The van der Waals surface area contributed by atoms with Crippen LogP contribution in [-0.4, -0.2) is 31.0 Å². The van der Waals surface area contributed by atoms with Crippen molar-refractivity contribution in [3.8, 4) is 5.75 Å². The third-order valence-electron chi connectivity index (χ3n) is 2.70. The maximum atomic E-state index is 12.1. The fourth-order valence-corrected chi connectivity index (χ4v) is 2.98. The SMILES string of the molecule is CCCC(CN)NS(=O)(=O)c1ccc(O)c([N+](=O)[O-])c1. The van der Waals surface area contributed by atoms with Crippen LogP contribution in [0.15, 0.2) is 23.1 Å². The van der Waals surface area contributed by atoms with Gasteiger partial charge in [0.05, 0.1) is 9.82 Å². The maximum absolute atomic E-state index is 12.1. The van der Waals surface area contributed by atoms with Gasteiger partial charge >= 0.3 is 5.69 Å². The highest BCUT2D eigenvalue weighted by atomic mass is 32.2. The second kappa shape index (κ2) is 6.64. The van der Waals surface area contributed by atoms with Crippen molar-refractivity contribution >= 4 is 15.7 Å². The van der Waals surface area contributed by atoms with Gasteiger partial charge in [0, 0.05) is 18.7 Å². The number of nitro groups is 1. The Morgan fingerprint density at radius 1 is 1.50 bits per heavy atom. The number of nitrogens with zero attached hydrogens (tertiary/aromatic N) is 1. The number of phenols is 1. The van der Waals surface area contributed by atoms with Crippen LogP contribution in [0.2, 0.25) is 0 Å². The van der Waals surface area contributed by atoms with Gasteiger partial charge in [-0.3, -0.25) is 10.1 Å². The van der Waals surface area contributed by atoms with E-state index in [0.29, 0.717) is 6.42 Å². The Balaban J connectivity index is 3.09. The van der Waals surface area contributed by atoms with Crippen LogP contribution in [0.4, 0.5) is 5.69 Å². The number of benzene rings is 1. The first-order valence-corrected chi connectivity index (χ1v) is 7.50. The van der Waals surface area contributed by atoms with Crippen LogP contribution < -0.4 is 10.5 Å². The van der Waals surface area contributed by atoms with Gasteiger partial charge in [-0.2, -0.15) is 0 Å². The van der Waals surface area contributed by atoms with Crippen molar-refractivity contribution < 1.29 is 18.4 Å². The van der Waals surface area contributed by atoms with Crippen LogP contribution >= 0.6 is 0 Å². The molecule has 0 radical (unpaired) electrons. The van der Waals surface area contributed by atoms with Gasteiger partial charge in [-0.15, -0.1) is 0 Å². The maximum Gasteiger partial charge on any atom is 0.312 e. The molecule has 0 bridgehead atoms. The van der Waals surface area contributed by atoms with E-state index in [0.717, 1.165) is 24.6 Å². The summed E-state index contributed by atoms with van der Waals surface area (Å²) >= 11 is 0. The molecule has 0 aliphatic carbocycles. The molecule has 0 heterocycles. The molecule has 112 valence electrons. The van der Waals surface area contributed by atoms with Gasteiger partial charge in [-0.1, -0.05) is 13.3 Å².